The Balaban J connectivity index is 1.64. The molecule has 1 aromatic carbocycles. The Hall–Kier alpha value is -3.03. The first-order valence-electron chi connectivity index (χ1n) is 6.83. The minimum Gasteiger partial charge on any atom is -0.350 e. The fraction of sp³-hybridized carbons (Fsp3) is 0.214. The fourth-order valence-electron chi connectivity index (χ4n) is 2.07. The predicted octanol–water partition coefficient (Wildman–Crippen LogP) is 0.941. The third kappa shape index (κ3) is 3.00. The van der Waals surface area contributed by atoms with Gasteiger partial charge in [-0.1, -0.05) is 18.2 Å². The van der Waals surface area contributed by atoms with Crippen molar-refractivity contribution >= 4 is 5.91 Å². The number of nitrogens with zero attached hydrogens (tertiary/aromatic N) is 5. The average Bonchev–Trinajstić information content (AvgIpc) is 3.24. The van der Waals surface area contributed by atoms with Crippen LogP contribution >= 0.6 is 0 Å². The van der Waals surface area contributed by atoms with E-state index in [0.29, 0.717) is 12.4 Å². The molecule has 0 bridgehead atoms. The van der Waals surface area contributed by atoms with Gasteiger partial charge in [-0.3, -0.25) is 9.48 Å². The molecule has 0 spiro atoms. The maximum Gasteiger partial charge on any atom is 0.244 e. The summed E-state index contributed by atoms with van der Waals surface area (Å²) in [5.41, 5.74) is 1.81. The highest BCUT2D eigenvalue weighted by Crippen LogP contribution is 2.15. The van der Waals surface area contributed by atoms with Crippen molar-refractivity contribution in [2.24, 2.45) is 0 Å². The van der Waals surface area contributed by atoms with Crippen LogP contribution in [0.2, 0.25) is 0 Å². The summed E-state index contributed by atoms with van der Waals surface area (Å²) in [4.78, 5) is 12.1. The Kier molecular flexibility index (Phi) is 3.90. The van der Waals surface area contributed by atoms with Crippen molar-refractivity contribution in [1.82, 2.24) is 35.7 Å². The maximum atomic E-state index is 12.1. The summed E-state index contributed by atoms with van der Waals surface area (Å²) in [6, 6.07) is 9.08. The van der Waals surface area contributed by atoms with E-state index in [9.17, 15) is 4.79 Å². The van der Waals surface area contributed by atoms with Crippen molar-refractivity contribution in [3.8, 4) is 11.4 Å². The van der Waals surface area contributed by atoms with Gasteiger partial charge in [0.05, 0.1) is 0 Å². The quantitative estimate of drug-likeness (QED) is 0.730. The number of aromatic nitrogens is 6. The molecule has 112 valence electrons. The van der Waals surface area contributed by atoms with Crippen molar-refractivity contribution in [3.05, 3.63) is 48.3 Å². The van der Waals surface area contributed by atoms with Crippen molar-refractivity contribution in [2.45, 2.75) is 19.5 Å². The molecule has 3 aromatic rings. The molecule has 0 aliphatic heterocycles. The van der Waals surface area contributed by atoms with Crippen LogP contribution in [0.1, 0.15) is 18.5 Å². The second kappa shape index (κ2) is 6.17. The van der Waals surface area contributed by atoms with Gasteiger partial charge < -0.3 is 5.32 Å². The van der Waals surface area contributed by atoms with Crippen LogP contribution in [0, 0.1) is 0 Å². The Morgan fingerprint density at radius 1 is 1.41 bits per heavy atom. The van der Waals surface area contributed by atoms with Gasteiger partial charge in [-0.2, -0.15) is 10.3 Å². The summed E-state index contributed by atoms with van der Waals surface area (Å²) in [6.45, 7) is 2.23. The van der Waals surface area contributed by atoms with Gasteiger partial charge in [-0.05, 0) is 29.8 Å². The average molecular weight is 297 g/mol. The lowest BCUT2D eigenvalue weighted by Gasteiger charge is -2.12. The van der Waals surface area contributed by atoms with Crippen LogP contribution in [-0.4, -0.2) is 36.3 Å². The zero-order valence-electron chi connectivity index (χ0n) is 12.0. The monoisotopic (exact) mass is 297 g/mol. The SMILES string of the molecule is CC(C(=O)NCc1cccc(-c2nn[nH]n2)c1)n1cccn1. The zero-order chi connectivity index (χ0) is 15.4. The highest BCUT2D eigenvalue weighted by Gasteiger charge is 2.14. The first-order valence-corrected chi connectivity index (χ1v) is 6.83. The lowest BCUT2D eigenvalue weighted by Crippen LogP contribution is -2.30. The smallest absolute Gasteiger partial charge is 0.244 e. The molecule has 0 radical (unpaired) electrons. The molecule has 0 saturated carbocycles. The van der Waals surface area contributed by atoms with Gasteiger partial charge in [0.25, 0.3) is 0 Å². The Labute approximate surface area is 126 Å². The third-order valence-electron chi connectivity index (χ3n) is 3.30. The van der Waals surface area contributed by atoms with E-state index in [1.54, 1.807) is 30.1 Å². The van der Waals surface area contributed by atoms with Gasteiger partial charge in [-0.15, -0.1) is 10.2 Å². The van der Waals surface area contributed by atoms with Crippen molar-refractivity contribution in [2.75, 3.05) is 0 Å². The normalized spacial score (nSPS) is 12.0. The molecular weight excluding hydrogens is 282 g/mol. The van der Waals surface area contributed by atoms with Gasteiger partial charge in [-0.25, -0.2) is 0 Å². The minimum atomic E-state index is -0.351. The van der Waals surface area contributed by atoms with Crippen LogP contribution < -0.4 is 5.32 Å². The van der Waals surface area contributed by atoms with E-state index in [0.717, 1.165) is 11.1 Å². The van der Waals surface area contributed by atoms with Crippen LogP contribution in [0.4, 0.5) is 0 Å². The van der Waals surface area contributed by atoms with Gasteiger partial charge in [0.15, 0.2) is 0 Å². The number of hydrogen-bond acceptors (Lipinski definition) is 5. The molecule has 8 nitrogen and oxygen atoms in total. The highest BCUT2D eigenvalue weighted by atomic mass is 16.2. The number of hydrogen-bond donors (Lipinski definition) is 2. The van der Waals surface area contributed by atoms with Gasteiger partial charge in [0.1, 0.15) is 6.04 Å². The maximum absolute atomic E-state index is 12.1. The minimum absolute atomic E-state index is 0.0892. The molecule has 0 aliphatic carbocycles. The summed E-state index contributed by atoms with van der Waals surface area (Å²) in [7, 11) is 0. The molecule has 22 heavy (non-hydrogen) atoms. The van der Waals surface area contributed by atoms with Crippen LogP contribution in [0.5, 0.6) is 0 Å². The standard InChI is InChI=1S/C14H15N7O/c1-10(21-7-3-6-16-21)14(22)15-9-11-4-2-5-12(8-11)13-17-19-20-18-13/h2-8,10H,9H2,1H3,(H,15,22)(H,17,18,19,20). The van der Waals surface area contributed by atoms with Gasteiger partial charge in [0.2, 0.25) is 11.7 Å². The molecule has 2 aromatic heterocycles. The van der Waals surface area contributed by atoms with Crippen LogP contribution in [0.15, 0.2) is 42.7 Å². The molecule has 1 unspecified atom stereocenters. The van der Waals surface area contributed by atoms with Crippen LogP contribution in [-0.2, 0) is 11.3 Å². The first-order chi connectivity index (χ1) is 10.7. The molecule has 1 atom stereocenters. The molecule has 0 aliphatic rings. The summed E-state index contributed by atoms with van der Waals surface area (Å²) in [5, 5.41) is 20.8. The summed E-state index contributed by atoms with van der Waals surface area (Å²) in [5.74, 6) is 0.437. The molecule has 3 rings (SSSR count). The second-order valence-electron chi connectivity index (χ2n) is 4.82. The number of carbonyl (C=O) groups excluding carboxylic acids is 1. The molecule has 2 heterocycles. The van der Waals surface area contributed by atoms with E-state index in [2.05, 4.69) is 31.0 Å². The van der Waals surface area contributed by atoms with Gasteiger partial charge in [0, 0.05) is 24.5 Å². The second-order valence-corrected chi connectivity index (χ2v) is 4.82. The molecule has 0 fully saturated rings. The molecule has 0 saturated heterocycles. The van der Waals surface area contributed by atoms with Crippen molar-refractivity contribution in [3.63, 3.8) is 0 Å². The molecule has 1 amide bonds. The summed E-state index contributed by atoms with van der Waals surface area (Å²) < 4.78 is 1.62. The van der Waals surface area contributed by atoms with Crippen molar-refractivity contribution in [1.29, 1.82) is 0 Å². The van der Waals surface area contributed by atoms with E-state index in [1.165, 1.54) is 0 Å². The number of amides is 1. The number of tetrazole rings is 1. The lowest BCUT2D eigenvalue weighted by molar-refractivity contribution is -0.124. The number of nitrogens with one attached hydrogen (secondary N) is 2. The van der Waals surface area contributed by atoms with E-state index in [1.807, 2.05) is 24.3 Å². The number of H-pyrrole nitrogens is 1. The fourth-order valence-corrected chi connectivity index (χ4v) is 2.07. The van der Waals surface area contributed by atoms with Crippen LogP contribution in [0.3, 0.4) is 0 Å². The van der Waals surface area contributed by atoms with E-state index in [-0.39, 0.29) is 11.9 Å². The first kappa shape index (κ1) is 13.9. The Morgan fingerprint density at radius 3 is 3.05 bits per heavy atom. The van der Waals surface area contributed by atoms with E-state index < -0.39 is 0 Å². The largest absolute Gasteiger partial charge is 0.350 e. The topological polar surface area (TPSA) is 101 Å². The Bertz CT molecular complexity index is 736. The molecule has 8 heteroatoms. The van der Waals surface area contributed by atoms with E-state index >= 15 is 0 Å². The van der Waals surface area contributed by atoms with E-state index in [4.69, 9.17) is 0 Å². The number of benzene rings is 1. The Morgan fingerprint density at radius 2 is 2.32 bits per heavy atom. The van der Waals surface area contributed by atoms with Gasteiger partial charge >= 0.3 is 0 Å². The van der Waals surface area contributed by atoms with Crippen LogP contribution in [0.25, 0.3) is 11.4 Å². The lowest BCUT2D eigenvalue weighted by atomic mass is 10.1. The summed E-state index contributed by atoms with van der Waals surface area (Å²) >= 11 is 0. The summed E-state index contributed by atoms with van der Waals surface area (Å²) in [6.07, 6.45) is 3.42. The number of aromatic amines is 1. The van der Waals surface area contributed by atoms with Crippen molar-refractivity contribution < 1.29 is 4.79 Å². The molecule has 2 N–H and O–H groups in total. The molecular formula is C14H15N7O. The number of carbonyl (C=O) groups is 1. The zero-order valence-corrected chi connectivity index (χ0v) is 12.0. The third-order valence-corrected chi connectivity index (χ3v) is 3.30. The number of rotatable bonds is 5. The highest BCUT2D eigenvalue weighted by molar-refractivity contribution is 5.79. The predicted molar refractivity (Wildman–Crippen MR) is 78.4 cm³/mol.